The predicted octanol–water partition coefficient (Wildman–Crippen LogP) is 10.1. The lowest BCUT2D eigenvalue weighted by Crippen LogP contribution is -2.01. The normalized spacial score (nSPS) is 11.6. The lowest BCUT2D eigenvalue weighted by atomic mass is 10.00. The van der Waals surface area contributed by atoms with Gasteiger partial charge in [-0.1, -0.05) is 83.9 Å². The summed E-state index contributed by atoms with van der Waals surface area (Å²) in [7, 11) is 0. The Labute approximate surface area is 256 Å². The first-order chi connectivity index (χ1) is 21.5. The van der Waals surface area contributed by atoms with E-state index in [1.807, 2.05) is 18.3 Å². The summed E-state index contributed by atoms with van der Waals surface area (Å²) in [6.45, 7) is 8.78. The average molecular weight is 569 g/mol. The fourth-order valence-corrected chi connectivity index (χ4v) is 6.72. The molecule has 0 aliphatic rings. The topological polar surface area (TPSA) is 35.1 Å². The quantitative estimate of drug-likeness (QED) is 0.212. The molecule has 0 aliphatic heterocycles. The van der Waals surface area contributed by atoms with Crippen molar-refractivity contribution < 1.29 is 0 Å². The third-order valence-electron chi connectivity index (χ3n) is 8.70. The molecule has 0 atom stereocenters. The van der Waals surface area contributed by atoms with Crippen LogP contribution in [-0.2, 0) is 0 Å². The average Bonchev–Trinajstić information content (AvgIpc) is 3.57. The van der Waals surface area contributed by atoms with Gasteiger partial charge in [-0.05, 0) is 80.8 Å². The highest BCUT2D eigenvalue weighted by atomic mass is 15.1. The molecule has 0 aliphatic carbocycles. The number of hydrogen-bond donors (Lipinski definition) is 0. The van der Waals surface area contributed by atoms with Crippen molar-refractivity contribution in [1.29, 1.82) is 0 Å². The fraction of sp³-hybridized carbons (Fsp3) is 0.100. The molecule has 0 fully saturated rings. The summed E-state index contributed by atoms with van der Waals surface area (Å²) in [6, 6.07) is 39.0. The molecule has 44 heavy (non-hydrogen) atoms. The highest BCUT2D eigenvalue weighted by Gasteiger charge is 2.19. The van der Waals surface area contributed by atoms with Gasteiger partial charge in [0.2, 0.25) is 5.78 Å². The van der Waals surface area contributed by atoms with Gasteiger partial charge in [-0.15, -0.1) is 0 Å². The summed E-state index contributed by atoms with van der Waals surface area (Å²) in [6.07, 6.45) is 4.13. The van der Waals surface area contributed by atoms with E-state index in [0.717, 1.165) is 33.6 Å². The zero-order chi connectivity index (χ0) is 29.9. The van der Waals surface area contributed by atoms with Crippen LogP contribution >= 0.6 is 0 Å². The number of rotatable bonds is 4. The van der Waals surface area contributed by atoms with Crippen LogP contribution in [0.5, 0.6) is 0 Å². The van der Waals surface area contributed by atoms with Crippen LogP contribution < -0.4 is 0 Å². The second kappa shape index (κ2) is 10.1. The van der Waals surface area contributed by atoms with Crippen LogP contribution in [0.4, 0.5) is 0 Å². The molecular formula is C40H32N4. The number of nitrogens with zero attached hydrogens (tertiary/aromatic N) is 4. The van der Waals surface area contributed by atoms with Gasteiger partial charge in [0, 0.05) is 39.9 Å². The third-order valence-corrected chi connectivity index (χ3v) is 8.70. The van der Waals surface area contributed by atoms with Crippen molar-refractivity contribution in [2.75, 3.05) is 0 Å². The van der Waals surface area contributed by atoms with Crippen molar-refractivity contribution in [1.82, 2.24) is 18.9 Å². The van der Waals surface area contributed by atoms with Crippen LogP contribution in [-0.4, -0.2) is 18.9 Å². The third kappa shape index (κ3) is 4.14. The van der Waals surface area contributed by atoms with E-state index in [0.29, 0.717) is 5.78 Å². The first-order valence-corrected chi connectivity index (χ1v) is 15.1. The van der Waals surface area contributed by atoms with Crippen LogP contribution in [0.15, 0.2) is 122 Å². The summed E-state index contributed by atoms with van der Waals surface area (Å²) < 4.78 is 4.58. The molecule has 0 amide bonds. The van der Waals surface area contributed by atoms with E-state index in [-0.39, 0.29) is 0 Å². The summed E-state index contributed by atoms with van der Waals surface area (Å²) in [4.78, 5) is 9.86. The molecule has 0 bridgehead atoms. The molecule has 8 aromatic rings. The van der Waals surface area contributed by atoms with Crippen molar-refractivity contribution in [2.24, 2.45) is 0 Å². The molecule has 0 N–H and O–H groups in total. The van der Waals surface area contributed by atoms with Gasteiger partial charge in [-0.25, -0.2) is 9.97 Å². The molecule has 0 spiro atoms. The van der Waals surface area contributed by atoms with Gasteiger partial charge in [-0.2, -0.15) is 0 Å². The van der Waals surface area contributed by atoms with E-state index < -0.39 is 0 Å². The monoisotopic (exact) mass is 568 g/mol. The predicted molar refractivity (Wildman–Crippen MR) is 183 cm³/mol. The summed E-state index contributed by atoms with van der Waals surface area (Å²) in [5, 5.41) is 2.59. The van der Waals surface area contributed by atoms with Crippen molar-refractivity contribution in [3.8, 4) is 39.3 Å². The minimum absolute atomic E-state index is 0.687. The van der Waals surface area contributed by atoms with Gasteiger partial charge in [0.1, 0.15) is 0 Å². The number of aryl methyl sites for hydroxylation is 4. The van der Waals surface area contributed by atoms with Crippen LogP contribution in [0.3, 0.4) is 0 Å². The van der Waals surface area contributed by atoms with E-state index >= 15 is 0 Å². The van der Waals surface area contributed by atoms with Crippen LogP contribution in [0.1, 0.15) is 22.3 Å². The lowest BCUT2D eigenvalue weighted by molar-refractivity contribution is 1.10. The van der Waals surface area contributed by atoms with E-state index in [1.54, 1.807) is 0 Å². The van der Waals surface area contributed by atoms with Crippen LogP contribution in [0, 0.1) is 27.7 Å². The van der Waals surface area contributed by atoms with E-state index in [9.17, 15) is 0 Å². The van der Waals surface area contributed by atoms with Gasteiger partial charge in [0.05, 0.1) is 28.1 Å². The summed E-state index contributed by atoms with van der Waals surface area (Å²) in [5.74, 6) is 0.687. The standard InChI is InChI=1S/C40H32N4/c1-25-15-17-35-33(19-25)34-20-26(2)16-18-36(34)44(35)38-27(3)21-31(22-28(38)4)32-23-41-40-42-37(29-11-7-5-8-12-29)39(43(40)24-32)30-13-9-6-10-14-30/h5-24H,1-4H3. The molecule has 0 saturated carbocycles. The Kier molecular flexibility index (Phi) is 5.98. The van der Waals surface area contributed by atoms with E-state index in [1.165, 1.54) is 49.7 Å². The van der Waals surface area contributed by atoms with Crippen molar-refractivity contribution in [2.45, 2.75) is 27.7 Å². The molecule has 4 heteroatoms. The van der Waals surface area contributed by atoms with Crippen LogP contribution in [0.25, 0.3) is 66.9 Å². The largest absolute Gasteiger partial charge is 0.309 e. The second-order valence-electron chi connectivity index (χ2n) is 11.9. The summed E-state index contributed by atoms with van der Waals surface area (Å²) >= 11 is 0. The Hall–Kier alpha value is -5.48. The first-order valence-electron chi connectivity index (χ1n) is 15.1. The highest BCUT2D eigenvalue weighted by molar-refractivity contribution is 6.10. The number of fused-ring (bicyclic) bond motifs is 4. The maximum absolute atomic E-state index is 5.00. The van der Waals surface area contributed by atoms with Crippen LogP contribution in [0.2, 0.25) is 0 Å². The highest BCUT2D eigenvalue weighted by Crippen LogP contribution is 2.38. The SMILES string of the molecule is Cc1ccc2c(c1)c1cc(C)ccc1n2-c1c(C)cc(-c2cnc3nc(-c4ccccc4)c(-c4ccccc4)n3c2)cc1C. The molecule has 0 radical (unpaired) electrons. The Morgan fingerprint density at radius 3 is 1.70 bits per heavy atom. The smallest absolute Gasteiger partial charge is 0.234 e. The zero-order valence-corrected chi connectivity index (χ0v) is 25.3. The number of imidazole rings is 1. The summed E-state index contributed by atoms with van der Waals surface area (Å²) in [5.41, 5.74) is 15.0. The van der Waals surface area contributed by atoms with Gasteiger partial charge in [0.15, 0.2) is 0 Å². The van der Waals surface area contributed by atoms with Crippen molar-refractivity contribution in [3.05, 3.63) is 144 Å². The maximum Gasteiger partial charge on any atom is 0.234 e. The molecule has 212 valence electrons. The molecule has 4 nitrogen and oxygen atoms in total. The first kappa shape index (κ1) is 26.2. The fourth-order valence-electron chi connectivity index (χ4n) is 6.72. The minimum atomic E-state index is 0.687. The van der Waals surface area contributed by atoms with Gasteiger partial charge in [0.25, 0.3) is 0 Å². The molecule has 3 aromatic heterocycles. The van der Waals surface area contributed by atoms with Crippen molar-refractivity contribution in [3.63, 3.8) is 0 Å². The molecule has 0 unspecified atom stereocenters. The molecule has 8 rings (SSSR count). The second-order valence-corrected chi connectivity index (χ2v) is 11.9. The lowest BCUT2D eigenvalue weighted by Gasteiger charge is -2.17. The Morgan fingerprint density at radius 1 is 0.545 bits per heavy atom. The van der Waals surface area contributed by atoms with Crippen molar-refractivity contribution >= 4 is 27.6 Å². The maximum atomic E-state index is 5.00. The number of aromatic nitrogens is 4. The Bertz CT molecular complexity index is 2280. The number of benzene rings is 5. The Morgan fingerprint density at radius 2 is 1.11 bits per heavy atom. The van der Waals surface area contributed by atoms with Gasteiger partial charge >= 0.3 is 0 Å². The zero-order valence-electron chi connectivity index (χ0n) is 25.3. The van der Waals surface area contributed by atoms with Gasteiger partial charge < -0.3 is 4.57 Å². The van der Waals surface area contributed by atoms with Gasteiger partial charge in [-0.3, -0.25) is 4.40 Å². The molecule has 0 saturated heterocycles. The Balaban J connectivity index is 1.32. The van der Waals surface area contributed by atoms with E-state index in [4.69, 9.17) is 9.97 Å². The molecule has 5 aromatic carbocycles. The van der Waals surface area contributed by atoms with E-state index in [2.05, 4.69) is 140 Å². The minimum Gasteiger partial charge on any atom is -0.309 e. The molecule has 3 heterocycles. The number of hydrogen-bond acceptors (Lipinski definition) is 2. The molecular weight excluding hydrogens is 536 g/mol.